The highest BCUT2D eigenvalue weighted by atomic mass is 79.9. The Labute approximate surface area is 126 Å². The molecule has 0 aliphatic heterocycles. The molecule has 0 unspecified atom stereocenters. The molecular formula is C11H5BrCl2N2O3. The Morgan fingerprint density at radius 1 is 1.21 bits per heavy atom. The summed E-state index contributed by atoms with van der Waals surface area (Å²) in [4.78, 5) is 11.1. The zero-order valence-electron chi connectivity index (χ0n) is 9.10. The normalized spacial score (nSPS) is 10.3. The summed E-state index contributed by atoms with van der Waals surface area (Å²) in [6, 6.07) is 5.91. The third-order valence-corrected chi connectivity index (χ3v) is 3.02. The van der Waals surface area contributed by atoms with Crippen molar-refractivity contribution in [1.82, 2.24) is 10.2 Å². The maximum atomic E-state index is 11.1. The maximum absolute atomic E-state index is 11.1. The van der Waals surface area contributed by atoms with Gasteiger partial charge in [0.1, 0.15) is 11.3 Å². The van der Waals surface area contributed by atoms with Crippen LogP contribution in [0, 0.1) is 0 Å². The van der Waals surface area contributed by atoms with Gasteiger partial charge in [0, 0.05) is 10.5 Å². The number of aromatic carboxylic acids is 1. The number of carboxylic acid groups (broad SMARTS) is 1. The van der Waals surface area contributed by atoms with Crippen molar-refractivity contribution < 1.29 is 14.6 Å². The molecule has 98 valence electrons. The number of benzene rings is 1. The van der Waals surface area contributed by atoms with Crippen molar-refractivity contribution in [1.29, 1.82) is 0 Å². The molecule has 1 heterocycles. The van der Waals surface area contributed by atoms with Gasteiger partial charge in [0.05, 0.1) is 0 Å². The van der Waals surface area contributed by atoms with Crippen LogP contribution >= 0.6 is 39.1 Å². The van der Waals surface area contributed by atoms with E-state index >= 15 is 0 Å². The topological polar surface area (TPSA) is 72.3 Å². The Bertz CT molecular complexity index is 652. The lowest BCUT2D eigenvalue weighted by Gasteiger charge is -2.09. The molecule has 0 fully saturated rings. The quantitative estimate of drug-likeness (QED) is 0.890. The number of carbonyl (C=O) groups is 1. The average Bonchev–Trinajstić information content (AvgIpc) is 2.35. The van der Waals surface area contributed by atoms with Crippen molar-refractivity contribution in [3.63, 3.8) is 0 Å². The van der Waals surface area contributed by atoms with E-state index in [2.05, 4.69) is 26.1 Å². The van der Waals surface area contributed by atoms with Crippen LogP contribution in [-0.4, -0.2) is 21.3 Å². The van der Waals surface area contributed by atoms with Crippen LogP contribution in [0.15, 0.2) is 28.7 Å². The largest absolute Gasteiger partial charge is 0.478 e. The highest BCUT2D eigenvalue weighted by Gasteiger charge is 2.15. The van der Waals surface area contributed by atoms with Crippen molar-refractivity contribution in [2.45, 2.75) is 0 Å². The molecule has 0 aliphatic carbocycles. The summed E-state index contributed by atoms with van der Waals surface area (Å²) in [7, 11) is 0. The van der Waals surface area contributed by atoms with Crippen LogP contribution in [0.4, 0.5) is 0 Å². The lowest BCUT2D eigenvalue weighted by molar-refractivity contribution is 0.0694. The third kappa shape index (κ3) is 3.34. The van der Waals surface area contributed by atoms with Crippen LogP contribution in [0.5, 0.6) is 11.5 Å². The second-order valence-electron chi connectivity index (χ2n) is 3.37. The number of aromatic nitrogens is 2. The molecule has 0 atom stereocenters. The molecule has 0 bridgehead atoms. The van der Waals surface area contributed by atoms with Gasteiger partial charge in [-0.15, -0.1) is 10.2 Å². The molecule has 0 saturated heterocycles. The number of nitrogens with zero attached hydrogens (tertiary/aromatic N) is 2. The van der Waals surface area contributed by atoms with Crippen LogP contribution in [0.25, 0.3) is 0 Å². The number of ether oxygens (including phenoxy) is 1. The summed E-state index contributed by atoms with van der Waals surface area (Å²) < 4.78 is 6.04. The molecule has 0 saturated carbocycles. The molecule has 2 rings (SSSR count). The Morgan fingerprint density at radius 2 is 1.95 bits per heavy atom. The van der Waals surface area contributed by atoms with Gasteiger partial charge in [-0.3, -0.25) is 0 Å². The first-order valence-electron chi connectivity index (χ1n) is 4.87. The van der Waals surface area contributed by atoms with E-state index in [1.54, 1.807) is 6.07 Å². The van der Waals surface area contributed by atoms with Gasteiger partial charge in [-0.25, -0.2) is 4.79 Å². The minimum atomic E-state index is -1.12. The monoisotopic (exact) mass is 362 g/mol. The van der Waals surface area contributed by atoms with Gasteiger partial charge < -0.3 is 9.84 Å². The molecule has 0 aliphatic rings. The molecular weight excluding hydrogens is 359 g/mol. The molecule has 0 radical (unpaired) electrons. The molecule has 2 aromatic rings. The Kier molecular flexibility index (Phi) is 4.24. The Morgan fingerprint density at radius 3 is 2.63 bits per heavy atom. The number of hydrogen-bond donors (Lipinski definition) is 1. The third-order valence-electron chi connectivity index (χ3n) is 2.08. The van der Waals surface area contributed by atoms with E-state index in [4.69, 9.17) is 33.0 Å². The van der Waals surface area contributed by atoms with E-state index in [0.29, 0.717) is 4.47 Å². The van der Waals surface area contributed by atoms with E-state index in [1.807, 2.05) is 0 Å². The first-order chi connectivity index (χ1) is 8.97. The molecule has 19 heavy (non-hydrogen) atoms. The van der Waals surface area contributed by atoms with E-state index in [9.17, 15) is 4.79 Å². The lowest BCUT2D eigenvalue weighted by Crippen LogP contribution is -2.00. The molecule has 1 N–H and O–H groups in total. The van der Waals surface area contributed by atoms with E-state index in [-0.39, 0.29) is 27.4 Å². The van der Waals surface area contributed by atoms with E-state index < -0.39 is 5.97 Å². The van der Waals surface area contributed by atoms with Crippen molar-refractivity contribution in [2.24, 2.45) is 0 Å². The zero-order chi connectivity index (χ0) is 14.0. The van der Waals surface area contributed by atoms with Crippen molar-refractivity contribution in [3.8, 4) is 11.5 Å². The van der Waals surface area contributed by atoms with Gasteiger partial charge in [-0.2, -0.15) is 0 Å². The Hall–Kier alpha value is -1.37. The summed E-state index contributed by atoms with van der Waals surface area (Å²) in [6.07, 6.45) is 0. The van der Waals surface area contributed by atoms with Crippen LogP contribution in [0.3, 0.4) is 0 Å². The minimum absolute atomic E-state index is 0.0105. The standard InChI is InChI=1S/C11H5BrCl2N2O3/c12-5-1-2-7(6(3-5)11(17)18)19-8-4-9(13)15-16-10(8)14/h1-4H,(H,17,18). The van der Waals surface area contributed by atoms with Gasteiger partial charge in [0.2, 0.25) is 0 Å². The predicted octanol–water partition coefficient (Wildman–Crippen LogP) is 4.04. The number of halogens is 3. The molecule has 0 amide bonds. The first-order valence-corrected chi connectivity index (χ1v) is 6.41. The minimum Gasteiger partial charge on any atom is -0.478 e. The SMILES string of the molecule is O=C(O)c1cc(Br)ccc1Oc1cc(Cl)nnc1Cl. The van der Waals surface area contributed by atoms with Gasteiger partial charge >= 0.3 is 5.97 Å². The summed E-state index contributed by atoms with van der Waals surface area (Å²) in [6.45, 7) is 0. The predicted molar refractivity (Wildman–Crippen MR) is 73.2 cm³/mol. The summed E-state index contributed by atoms with van der Waals surface area (Å²) >= 11 is 14.7. The number of rotatable bonds is 3. The second-order valence-corrected chi connectivity index (χ2v) is 5.03. The zero-order valence-corrected chi connectivity index (χ0v) is 12.2. The molecule has 8 heteroatoms. The highest BCUT2D eigenvalue weighted by molar-refractivity contribution is 9.10. The smallest absolute Gasteiger partial charge is 0.339 e. The fourth-order valence-electron chi connectivity index (χ4n) is 1.29. The molecule has 0 spiro atoms. The maximum Gasteiger partial charge on any atom is 0.339 e. The summed E-state index contributed by atoms with van der Waals surface area (Å²) in [5.41, 5.74) is -0.0154. The summed E-state index contributed by atoms with van der Waals surface area (Å²) in [5.74, 6) is -0.867. The van der Waals surface area contributed by atoms with Crippen LogP contribution in [-0.2, 0) is 0 Å². The van der Waals surface area contributed by atoms with Crippen molar-refractivity contribution in [2.75, 3.05) is 0 Å². The average molecular weight is 364 g/mol. The highest BCUT2D eigenvalue weighted by Crippen LogP contribution is 2.32. The second kappa shape index (κ2) is 5.73. The van der Waals surface area contributed by atoms with Gasteiger partial charge in [0.25, 0.3) is 0 Å². The number of carboxylic acids is 1. The molecule has 1 aromatic heterocycles. The van der Waals surface area contributed by atoms with Crippen LogP contribution < -0.4 is 4.74 Å². The molecule has 1 aromatic carbocycles. The first kappa shape index (κ1) is 14.0. The van der Waals surface area contributed by atoms with E-state index in [0.717, 1.165) is 0 Å². The van der Waals surface area contributed by atoms with Crippen molar-refractivity contribution in [3.05, 3.63) is 44.6 Å². The fraction of sp³-hybridized carbons (Fsp3) is 0. The van der Waals surface area contributed by atoms with E-state index in [1.165, 1.54) is 18.2 Å². The molecule has 5 nitrogen and oxygen atoms in total. The van der Waals surface area contributed by atoms with Gasteiger partial charge in [-0.05, 0) is 18.2 Å². The number of hydrogen-bond acceptors (Lipinski definition) is 4. The fourth-order valence-corrected chi connectivity index (χ4v) is 1.91. The van der Waals surface area contributed by atoms with Crippen LogP contribution in [0.2, 0.25) is 10.3 Å². The van der Waals surface area contributed by atoms with Crippen LogP contribution in [0.1, 0.15) is 10.4 Å². The van der Waals surface area contributed by atoms with Gasteiger partial charge in [-0.1, -0.05) is 39.1 Å². The van der Waals surface area contributed by atoms with Crippen molar-refractivity contribution >= 4 is 45.1 Å². The summed E-state index contributed by atoms with van der Waals surface area (Å²) in [5, 5.41) is 16.3. The Balaban J connectivity index is 2.43. The van der Waals surface area contributed by atoms with Gasteiger partial charge in [0.15, 0.2) is 16.1 Å². The lowest BCUT2D eigenvalue weighted by atomic mass is 10.2.